The molecule has 0 radical (unpaired) electrons. The summed E-state index contributed by atoms with van der Waals surface area (Å²) < 4.78 is 0. The van der Waals surface area contributed by atoms with Gasteiger partial charge in [0.2, 0.25) is 5.91 Å². The zero-order valence-electron chi connectivity index (χ0n) is 18.8. The molecule has 0 bridgehead atoms. The molecule has 2 aliphatic heterocycles. The minimum Gasteiger partial charge on any atom is -0.325 e. The number of aliphatic imine (C=N–C) groups is 2. The van der Waals surface area contributed by atoms with E-state index in [1.165, 1.54) is 11.8 Å². The van der Waals surface area contributed by atoms with Crippen molar-refractivity contribution in [1.29, 1.82) is 0 Å². The first-order valence-electron chi connectivity index (χ1n) is 11.1. The summed E-state index contributed by atoms with van der Waals surface area (Å²) in [5.41, 5.74) is 3.43. The number of carbonyl (C=O) groups is 2. The Morgan fingerprint density at radius 1 is 1.12 bits per heavy atom. The Morgan fingerprint density at radius 3 is 2.56 bits per heavy atom. The van der Waals surface area contributed by atoms with Gasteiger partial charge in [0, 0.05) is 11.3 Å². The molecule has 4 rings (SSSR count). The lowest BCUT2D eigenvalue weighted by Gasteiger charge is -2.27. The van der Waals surface area contributed by atoms with Crippen LogP contribution in [0.4, 0.5) is 11.4 Å². The number of nitrogens with zero attached hydrogens (tertiary/aromatic N) is 3. The first kappa shape index (κ1) is 22.3. The van der Waals surface area contributed by atoms with Crippen LogP contribution in [0.3, 0.4) is 0 Å². The van der Waals surface area contributed by atoms with Gasteiger partial charge in [-0.1, -0.05) is 69.3 Å². The third-order valence-corrected chi connectivity index (χ3v) is 7.31. The van der Waals surface area contributed by atoms with Crippen molar-refractivity contribution < 1.29 is 9.59 Å². The van der Waals surface area contributed by atoms with E-state index in [4.69, 9.17) is 9.98 Å². The average molecular weight is 449 g/mol. The molecule has 0 aromatic heterocycles. The summed E-state index contributed by atoms with van der Waals surface area (Å²) in [6, 6.07) is 15.0. The number of amidine groups is 2. The highest BCUT2D eigenvalue weighted by Gasteiger charge is 2.43. The van der Waals surface area contributed by atoms with Crippen molar-refractivity contribution in [3.8, 4) is 0 Å². The summed E-state index contributed by atoms with van der Waals surface area (Å²) in [6.07, 6.45) is 1.46. The lowest BCUT2D eigenvalue weighted by Crippen LogP contribution is -2.43. The van der Waals surface area contributed by atoms with Crippen LogP contribution >= 0.6 is 11.8 Å². The van der Waals surface area contributed by atoms with Crippen LogP contribution in [0.15, 0.2) is 58.5 Å². The number of para-hydroxylation sites is 2. The molecule has 1 N–H and O–H groups in total. The molecule has 2 heterocycles. The van der Waals surface area contributed by atoms with Crippen molar-refractivity contribution in [3.63, 3.8) is 0 Å². The molecule has 2 amide bonds. The molecule has 0 saturated heterocycles. The normalized spacial score (nSPS) is 18.9. The van der Waals surface area contributed by atoms with Gasteiger partial charge in [0.25, 0.3) is 5.91 Å². The minimum atomic E-state index is -0.423. The van der Waals surface area contributed by atoms with Gasteiger partial charge in [-0.2, -0.15) is 0 Å². The van der Waals surface area contributed by atoms with E-state index in [2.05, 4.69) is 12.2 Å². The van der Waals surface area contributed by atoms with Crippen LogP contribution in [0.1, 0.15) is 44.7 Å². The molecule has 0 fully saturated rings. The van der Waals surface area contributed by atoms with Crippen LogP contribution in [0.5, 0.6) is 0 Å². The second-order valence-electron chi connectivity index (χ2n) is 8.19. The Kier molecular flexibility index (Phi) is 6.46. The standard InChI is InChI=1S/C25H28N4O2S/c1-5-15(3)21-24(31)29-22(28-21)17-12-8-10-14-19(17)27-25(29)32-20(6-2)23(30)26-18-13-9-7-11-16(18)4/h7-15,20-21H,5-6H2,1-4H3,(H,26,30)/t15-,20+,21-/m1/s1. The highest BCUT2D eigenvalue weighted by molar-refractivity contribution is 8.15. The van der Waals surface area contributed by atoms with Crippen molar-refractivity contribution in [3.05, 3.63) is 59.7 Å². The van der Waals surface area contributed by atoms with Crippen LogP contribution in [0, 0.1) is 12.8 Å². The predicted molar refractivity (Wildman–Crippen MR) is 132 cm³/mol. The number of nitrogens with one attached hydrogen (secondary N) is 1. The number of aryl methyl sites for hydroxylation is 1. The molecule has 166 valence electrons. The number of carbonyl (C=O) groups excluding carboxylic acids is 2. The molecule has 2 aromatic rings. The maximum absolute atomic E-state index is 13.4. The van der Waals surface area contributed by atoms with Crippen LogP contribution in [-0.2, 0) is 9.59 Å². The quantitative estimate of drug-likeness (QED) is 0.664. The topological polar surface area (TPSA) is 74.1 Å². The fraction of sp³-hybridized carbons (Fsp3) is 0.360. The summed E-state index contributed by atoms with van der Waals surface area (Å²) in [4.78, 5) is 37.6. The van der Waals surface area contributed by atoms with Gasteiger partial charge in [0.1, 0.15) is 11.9 Å². The van der Waals surface area contributed by atoms with E-state index in [9.17, 15) is 9.59 Å². The molecule has 0 aliphatic carbocycles. The highest BCUT2D eigenvalue weighted by atomic mass is 32.2. The fourth-order valence-electron chi connectivity index (χ4n) is 3.82. The number of amides is 2. The third kappa shape index (κ3) is 4.09. The van der Waals surface area contributed by atoms with Gasteiger partial charge in [-0.25, -0.2) is 9.89 Å². The summed E-state index contributed by atoms with van der Waals surface area (Å²) in [5.74, 6) is 0.606. The van der Waals surface area contributed by atoms with E-state index in [-0.39, 0.29) is 17.7 Å². The molecule has 0 spiro atoms. The first-order valence-corrected chi connectivity index (χ1v) is 12.0. The number of thioether (sulfide) groups is 1. The Bertz CT molecular complexity index is 1110. The molecular formula is C25H28N4O2S. The monoisotopic (exact) mass is 448 g/mol. The molecule has 2 aliphatic rings. The number of hydrogen-bond donors (Lipinski definition) is 1. The van der Waals surface area contributed by atoms with Crippen molar-refractivity contribution in [1.82, 2.24) is 4.90 Å². The van der Waals surface area contributed by atoms with Gasteiger partial charge in [-0.05, 0) is 43.0 Å². The largest absolute Gasteiger partial charge is 0.325 e. The van der Waals surface area contributed by atoms with Crippen molar-refractivity contribution >= 4 is 46.0 Å². The van der Waals surface area contributed by atoms with Gasteiger partial charge in [0.15, 0.2) is 5.17 Å². The highest BCUT2D eigenvalue weighted by Crippen LogP contribution is 2.36. The van der Waals surface area contributed by atoms with E-state index in [0.717, 1.165) is 28.9 Å². The molecule has 0 saturated carbocycles. The summed E-state index contributed by atoms with van der Waals surface area (Å²) >= 11 is 1.33. The van der Waals surface area contributed by atoms with Gasteiger partial charge in [-0.15, -0.1) is 0 Å². The lowest BCUT2D eigenvalue weighted by molar-refractivity contribution is -0.125. The minimum absolute atomic E-state index is 0.0655. The predicted octanol–water partition coefficient (Wildman–Crippen LogP) is 5.15. The number of anilines is 1. The van der Waals surface area contributed by atoms with Crippen molar-refractivity contribution in [2.24, 2.45) is 15.9 Å². The average Bonchev–Trinajstić information content (AvgIpc) is 3.16. The maximum atomic E-state index is 13.4. The van der Waals surface area contributed by atoms with Crippen molar-refractivity contribution in [2.45, 2.75) is 51.8 Å². The maximum Gasteiger partial charge on any atom is 0.259 e. The number of hydrogen-bond acceptors (Lipinski definition) is 5. The van der Waals surface area contributed by atoms with Crippen LogP contribution < -0.4 is 5.32 Å². The fourth-order valence-corrected chi connectivity index (χ4v) is 4.84. The van der Waals surface area contributed by atoms with Gasteiger partial charge in [0.05, 0.1) is 10.9 Å². The van der Waals surface area contributed by atoms with Gasteiger partial charge >= 0.3 is 0 Å². The Morgan fingerprint density at radius 2 is 1.84 bits per heavy atom. The Labute approximate surface area is 193 Å². The second kappa shape index (κ2) is 9.28. The number of benzene rings is 2. The summed E-state index contributed by atoms with van der Waals surface area (Å²) in [7, 11) is 0. The molecular weight excluding hydrogens is 420 g/mol. The Balaban J connectivity index is 1.64. The molecule has 32 heavy (non-hydrogen) atoms. The van der Waals surface area contributed by atoms with Crippen molar-refractivity contribution in [2.75, 3.05) is 5.32 Å². The SMILES string of the molecule is CC[C@H](SC1=Nc2ccccc2C2=N[C@H]([C@H](C)CC)C(=O)N12)C(=O)Nc1ccccc1C. The van der Waals surface area contributed by atoms with Crippen LogP contribution in [0.2, 0.25) is 0 Å². The lowest BCUT2D eigenvalue weighted by atomic mass is 10.00. The first-order chi connectivity index (χ1) is 15.4. The number of fused-ring (bicyclic) bond motifs is 3. The molecule has 2 aromatic carbocycles. The second-order valence-corrected chi connectivity index (χ2v) is 9.36. The zero-order valence-corrected chi connectivity index (χ0v) is 19.6. The van der Waals surface area contributed by atoms with E-state index >= 15 is 0 Å². The van der Waals surface area contributed by atoms with Crippen LogP contribution in [-0.4, -0.2) is 39.0 Å². The molecule has 3 atom stereocenters. The van der Waals surface area contributed by atoms with E-state index < -0.39 is 11.3 Å². The van der Waals surface area contributed by atoms with E-state index in [0.29, 0.717) is 17.4 Å². The summed E-state index contributed by atoms with van der Waals surface area (Å²) in [5, 5.41) is 3.15. The van der Waals surface area contributed by atoms with Gasteiger partial charge in [-0.3, -0.25) is 14.6 Å². The smallest absolute Gasteiger partial charge is 0.259 e. The van der Waals surface area contributed by atoms with Gasteiger partial charge < -0.3 is 5.32 Å². The zero-order chi connectivity index (χ0) is 22.8. The molecule has 7 heteroatoms. The van der Waals surface area contributed by atoms with E-state index in [1.54, 1.807) is 4.90 Å². The summed E-state index contributed by atoms with van der Waals surface area (Å²) in [6.45, 7) is 8.04. The third-order valence-electron chi connectivity index (χ3n) is 6.00. The molecule has 0 unspecified atom stereocenters. The Hall–Kier alpha value is -2.93. The molecule has 6 nitrogen and oxygen atoms in total. The van der Waals surface area contributed by atoms with Crippen LogP contribution in [0.25, 0.3) is 0 Å². The number of rotatable bonds is 6. The van der Waals surface area contributed by atoms with E-state index in [1.807, 2.05) is 69.3 Å².